The van der Waals surface area contributed by atoms with Crippen LogP contribution in [0.5, 0.6) is 0 Å². The van der Waals surface area contributed by atoms with E-state index in [1.54, 1.807) is 0 Å². The first kappa shape index (κ1) is 12.2. The van der Waals surface area contributed by atoms with Gasteiger partial charge in [-0.25, -0.2) is 0 Å². The fourth-order valence-electron chi connectivity index (χ4n) is 1.76. The van der Waals surface area contributed by atoms with Crippen molar-refractivity contribution in [2.75, 3.05) is 13.6 Å². The Balaban J connectivity index is 2.30. The summed E-state index contributed by atoms with van der Waals surface area (Å²) in [6, 6.07) is 7.82. The first-order valence-corrected chi connectivity index (χ1v) is 6.10. The standard InChI is InChI=1S/C14H16ClNO/c1-10(5-4-8-16-2)13-9-11-6-3-7-12(15)14(11)17-13/h3,5-7,9,16H,4,8H2,1-2H3/b10-5-. The van der Waals surface area contributed by atoms with E-state index in [2.05, 4.69) is 18.3 Å². The highest BCUT2D eigenvalue weighted by molar-refractivity contribution is 6.34. The van der Waals surface area contributed by atoms with E-state index in [4.69, 9.17) is 16.0 Å². The van der Waals surface area contributed by atoms with Gasteiger partial charge in [-0.05, 0) is 44.6 Å². The molecule has 0 bridgehead atoms. The lowest BCUT2D eigenvalue weighted by Crippen LogP contribution is -2.05. The summed E-state index contributed by atoms with van der Waals surface area (Å²) in [7, 11) is 1.95. The number of hydrogen-bond acceptors (Lipinski definition) is 2. The third-order valence-corrected chi connectivity index (χ3v) is 3.03. The summed E-state index contributed by atoms with van der Waals surface area (Å²) in [5.41, 5.74) is 1.91. The molecule has 1 aromatic heterocycles. The van der Waals surface area contributed by atoms with Crippen LogP contribution in [0, 0.1) is 0 Å². The fraction of sp³-hybridized carbons (Fsp3) is 0.286. The lowest BCUT2D eigenvalue weighted by Gasteiger charge is -1.97. The van der Waals surface area contributed by atoms with Crippen molar-refractivity contribution in [1.29, 1.82) is 0 Å². The highest BCUT2D eigenvalue weighted by Gasteiger charge is 2.07. The second-order valence-corrected chi connectivity index (χ2v) is 4.46. The number of hydrogen-bond donors (Lipinski definition) is 1. The number of fused-ring (bicyclic) bond motifs is 1. The number of halogens is 1. The molecule has 2 rings (SSSR count). The molecule has 0 saturated carbocycles. The number of furan rings is 1. The van der Waals surface area contributed by atoms with Gasteiger partial charge in [0, 0.05) is 5.39 Å². The summed E-state index contributed by atoms with van der Waals surface area (Å²) < 4.78 is 5.77. The second kappa shape index (κ2) is 5.39. The van der Waals surface area contributed by atoms with E-state index in [9.17, 15) is 0 Å². The zero-order valence-corrected chi connectivity index (χ0v) is 10.8. The van der Waals surface area contributed by atoms with Gasteiger partial charge < -0.3 is 9.73 Å². The van der Waals surface area contributed by atoms with Crippen LogP contribution in [0.4, 0.5) is 0 Å². The van der Waals surface area contributed by atoms with Gasteiger partial charge in [0.25, 0.3) is 0 Å². The summed E-state index contributed by atoms with van der Waals surface area (Å²) in [5.74, 6) is 0.893. The highest BCUT2D eigenvalue weighted by atomic mass is 35.5. The molecule has 0 unspecified atom stereocenters. The third-order valence-electron chi connectivity index (χ3n) is 2.73. The lowest BCUT2D eigenvalue weighted by molar-refractivity contribution is 0.599. The Bertz CT molecular complexity index is 542. The molecule has 1 N–H and O–H groups in total. The molecule has 0 amide bonds. The van der Waals surface area contributed by atoms with Gasteiger partial charge in [-0.1, -0.05) is 29.8 Å². The zero-order chi connectivity index (χ0) is 12.3. The van der Waals surface area contributed by atoms with E-state index in [1.165, 1.54) is 0 Å². The Morgan fingerprint density at radius 3 is 3.00 bits per heavy atom. The monoisotopic (exact) mass is 249 g/mol. The highest BCUT2D eigenvalue weighted by Crippen LogP contribution is 2.29. The number of nitrogens with one attached hydrogen (secondary N) is 1. The summed E-state index contributed by atoms with van der Waals surface area (Å²) in [4.78, 5) is 0. The molecule has 3 heteroatoms. The van der Waals surface area contributed by atoms with E-state index in [1.807, 2.05) is 31.3 Å². The van der Waals surface area contributed by atoms with Gasteiger partial charge in [-0.3, -0.25) is 0 Å². The third kappa shape index (κ3) is 2.71. The van der Waals surface area contributed by atoms with Gasteiger partial charge in [0.1, 0.15) is 5.76 Å². The molecule has 0 spiro atoms. The molecule has 0 aliphatic rings. The number of para-hydroxylation sites is 1. The van der Waals surface area contributed by atoms with Gasteiger partial charge in [0.15, 0.2) is 5.58 Å². The van der Waals surface area contributed by atoms with Crippen LogP contribution in [-0.4, -0.2) is 13.6 Å². The molecule has 2 nitrogen and oxygen atoms in total. The molecular weight excluding hydrogens is 234 g/mol. The topological polar surface area (TPSA) is 25.2 Å². The normalized spacial score (nSPS) is 12.3. The number of benzene rings is 1. The maximum atomic E-state index is 6.08. The van der Waals surface area contributed by atoms with Crippen LogP contribution in [0.3, 0.4) is 0 Å². The Labute approximate surface area is 106 Å². The van der Waals surface area contributed by atoms with Crippen molar-refractivity contribution >= 4 is 28.1 Å². The number of rotatable bonds is 4. The van der Waals surface area contributed by atoms with Crippen LogP contribution in [0.25, 0.3) is 16.5 Å². The molecular formula is C14H16ClNO. The van der Waals surface area contributed by atoms with Crippen molar-refractivity contribution in [2.45, 2.75) is 13.3 Å². The minimum atomic E-state index is 0.664. The Kier molecular flexibility index (Phi) is 3.87. The van der Waals surface area contributed by atoms with Crippen LogP contribution in [0.15, 0.2) is 34.8 Å². The minimum Gasteiger partial charge on any atom is -0.455 e. The molecule has 1 heterocycles. The Morgan fingerprint density at radius 1 is 1.47 bits per heavy atom. The van der Waals surface area contributed by atoms with Crippen LogP contribution in [0.1, 0.15) is 19.1 Å². The zero-order valence-electron chi connectivity index (χ0n) is 10.1. The van der Waals surface area contributed by atoms with Crippen molar-refractivity contribution < 1.29 is 4.42 Å². The van der Waals surface area contributed by atoms with Crippen molar-refractivity contribution in [3.63, 3.8) is 0 Å². The van der Waals surface area contributed by atoms with E-state index in [0.717, 1.165) is 35.3 Å². The van der Waals surface area contributed by atoms with Gasteiger partial charge in [-0.15, -0.1) is 0 Å². The maximum Gasteiger partial charge on any atom is 0.153 e. The van der Waals surface area contributed by atoms with Crippen molar-refractivity contribution in [1.82, 2.24) is 5.32 Å². The van der Waals surface area contributed by atoms with Crippen LogP contribution < -0.4 is 5.32 Å². The van der Waals surface area contributed by atoms with Gasteiger partial charge >= 0.3 is 0 Å². The lowest BCUT2D eigenvalue weighted by atomic mass is 10.2. The molecule has 2 aromatic rings. The van der Waals surface area contributed by atoms with Crippen LogP contribution in [0.2, 0.25) is 5.02 Å². The largest absolute Gasteiger partial charge is 0.455 e. The van der Waals surface area contributed by atoms with Crippen molar-refractivity contribution in [2.24, 2.45) is 0 Å². The van der Waals surface area contributed by atoms with E-state index >= 15 is 0 Å². The summed E-state index contributed by atoms with van der Waals surface area (Å²) in [6.45, 7) is 3.03. The SMILES string of the molecule is CNCC/C=C(/C)c1cc2cccc(Cl)c2o1. The van der Waals surface area contributed by atoms with E-state index < -0.39 is 0 Å². The molecule has 17 heavy (non-hydrogen) atoms. The quantitative estimate of drug-likeness (QED) is 0.826. The fourth-order valence-corrected chi connectivity index (χ4v) is 1.98. The molecule has 0 saturated heterocycles. The first-order chi connectivity index (χ1) is 8.22. The minimum absolute atomic E-state index is 0.664. The van der Waals surface area contributed by atoms with Gasteiger partial charge in [-0.2, -0.15) is 0 Å². The van der Waals surface area contributed by atoms with Crippen molar-refractivity contribution in [3.05, 3.63) is 41.1 Å². The average molecular weight is 250 g/mol. The molecule has 90 valence electrons. The number of allylic oxidation sites excluding steroid dienone is 1. The van der Waals surface area contributed by atoms with E-state index in [-0.39, 0.29) is 0 Å². The molecule has 0 atom stereocenters. The summed E-state index contributed by atoms with van der Waals surface area (Å²) in [5, 5.41) is 4.83. The molecule has 0 aliphatic carbocycles. The molecule has 0 aliphatic heterocycles. The average Bonchev–Trinajstić information content (AvgIpc) is 2.75. The summed E-state index contributed by atoms with van der Waals surface area (Å²) in [6.07, 6.45) is 3.16. The molecule has 0 radical (unpaired) electrons. The predicted octanol–water partition coefficient (Wildman–Crippen LogP) is 4.10. The van der Waals surface area contributed by atoms with Crippen molar-refractivity contribution in [3.8, 4) is 0 Å². The van der Waals surface area contributed by atoms with Crippen LogP contribution >= 0.6 is 11.6 Å². The van der Waals surface area contributed by atoms with E-state index in [0.29, 0.717) is 5.02 Å². The Morgan fingerprint density at radius 2 is 2.29 bits per heavy atom. The molecule has 0 fully saturated rings. The van der Waals surface area contributed by atoms with Gasteiger partial charge in [0.2, 0.25) is 0 Å². The van der Waals surface area contributed by atoms with Gasteiger partial charge in [0.05, 0.1) is 5.02 Å². The second-order valence-electron chi connectivity index (χ2n) is 4.05. The maximum absolute atomic E-state index is 6.08. The van der Waals surface area contributed by atoms with Crippen LogP contribution in [-0.2, 0) is 0 Å². The molecule has 1 aromatic carbocycles. The predicted molar refractivity (Wildman–Crippen MR) is 73.4 cm³/mol. The Hall–Kier alpha value is -1.25. The summed E-state index contributed by atoms with van der Waals surface area (Å²) >= 11 is 6.08. The first-order valence-electron chi connectivity index (χ1n) is 5.72. The smallest absolute Gasteiger partial charge is 0.153 e.